The van der Waals surface area contributed by atoms with E-state index in [9.17, 15) is 28.9 Å². The van der Waals surface area contributed by atoms with Gasteiger partial charge in [0.05, 0.1) is 19.8 Å². The first kappa shape index (κ1) is 74.7. The summed E-state index contributed by atoms with van der Waals surface area (Å²) in [6.45, 7) is 4.49. The number of aliphatic hydroxyl groups is 1. The summed E-state index contributed by atoms with van der Waals surface area (Å²) in [4.78, 5) is 48.7. The maximum absolute atomic E-state index is 12.9. The van der Waals surface area contributed by atoms with Crippen LogP contribution < -0.4 is 0 Å². The highest BCUT2D eigenvalue weighted by atomic mass is 31.2. The average Bonchev–Trinajstić information content (AvgIpc) is 3.43. The minimum absolute atomic E-state index is 0.126. The van der Waals surface area contributed by atoms with Crippen molar-refractivity contribution in [1.82, 2.24) is 0 Å². The summed E-state index contributed by atoms with van der Waals surface area (Å²) in [6.07, 6.45) is 69.6. The quantitative estimate of drug-likeness (QED) is 0.0197. The third kappa shape index (κ3) is 57.3. The number of allylic oxidation sites excluding steroid dienone is 14. The highest BCUT2D eigenvalue weighted by Gasteiger charge is 2.28. The van der Waals surface area contributed by atoms with Gasteiger partial charge in [-0.05, 0) is 96.3 Å². The van der Waals surface area contributed by atoms with Crippen molar-refractivity contribution >= 4 is 25.7 Å². The number of rotatable bonds is 58. The van der Waals surface area contributed by atoms with Gasteiger partial charge in [0.25, 0.3) is 0 Å². The smallest absolute Gasteiger partial charge is 0.462 e. The molecule has 78 heavy (non-hydrogen) atoms. The van der Waals surface area contributed by atoms with Crippen LogP contribution in [0.5, 0.6) is 0 Å². The Labute approximate surface area is 477 Å². The molecule has 0 spiro atoms. The Morgan fingerprint density at radius 3 is 1.06 bits per heavy atom. The number of hydrogen-bond acceptors (Lipinski definition) is 10. The van der Waals surface area contributed by atoms with Crippen molar-refractivity contribution in [3.8, 4) is 0 Å². The van der Waals surface area contributed by atoms with E-state index < -0.39 is 57.8 Å². The van der Waals surface area contributed by atoms with Gasteiger partial charge < -0.3 is 24.2 Å². The maximum atomic E-state index is 12.9. The zero-order valence-electron chi connectivity index (χ0n) is 49.9. The van der Waals surface area contributed by atoms with Gasteiger partial charge in [-0.2, -0.15) is 0 Å². The molecule has 0 saturated heterocycles. The van der Waals surface area contributed by atoms with Crippen molar-refractivity contribution < 1.29 is 52.2 Å². The topological polar surface area (TPSA) is 155 Å². The number of aliphatic hydroxyl groups excluding tert-OH is 1. The van der Waals surface area contributed by atoms with Crippen LogP contribution in [0.25, 0.3) is 0 Å². The number of carbonyl (C=O) groups excluding carboxylic acids is 3. The van der Waals surface area contributed by atoms with Gasteiger partial charge in [-0.3, -0.25) is 23.4 Å². The van der Waals surface area contributed by atoms with E-state index in [1.807, 2.05) is 0 Å². The van der Waals surface area contributed by atoms with E-state index in [1.165, 1.54) is 103 Å². The van der Waals surface area contributed by atoms with Crippen LogP contribution in [0.1, 0.15) is 278 Å². The molecule has 0 amide bonds. The van der Waals surface area contributed by atoms with Gasteiger partial charge in [0.1, 0.15) is 12.7 Å². The molecule has 0 heterocycles. The summed E-state index contributed by atoms with van der Waals surface area (Å²) in [5.74, 6) is -1.51. The number of phosphoric ester groups is 1. The van der Waals surface area contributed by atoms with Crippen molar-refractivity contribution in [2.75, 3.05) is 26.4 Å². The molecule has 3 atom stereocenters. The van der Waals surface area contributed by atoms with Crippen molar-refractivity contribution in [1.29, 1.82) is 0 Å². The van der Waals surface area contributed by atoms with E-state index in [2.05, 4.69) is 106 Å². The number of phosphoric acid groups is 1. The Bertz CT molecular complexity index is 1630. The monoisotopic (exact) mass is 1110 g/mol. The lowest BCUT2D eigenvalue weighted by Crippen LogP contribution is -2.30. The molecule has 11 nitrogen and oxygen atoms in total. The number of unbranched alkanes of at least 4 members (excludes halogenated alkanes) is 27. The molecular weight excluding hydrogens is 1000 g/mol. The molecule has 3 unspecified atom stereocenters. The second-order valence-corrected chi connectivity index (χ2v) is 22.3. The molecule has 0 aliphatic rings. The van der Waals surface area contributed by atoms with Crippen molar-refractivity contribution in [3.05, 3.63) is 85.1 Å². The van der Waals surface area contributed by atoms with Crippen molar-refractivity contribution in [2.24, 2.45) is 0 Å². The van der Waals surface area contributed by atoms with E-state index in [0.717, 1.165) is 116 Å². The lowest BCUT2D eigenvalue weighted by molar-refractivity contribution is -0.161. The van der Waals surface area contributed by atoms with Crippen LogP contribution in [-0.4, -0.2) is 66.5 Å². The van der Waals surface area contributed by atoms with Gasteiger partial charge in [-0.1, -0.05) is 247 Å². The zero-order valence-corrected chi connectivity index (χ0v) is 50.8. The summed E-state index contributed by atoms with van der Waals surface area (Å²) in [5.41, 5.74) is 0. The average molecular weight is 1120 g/mol. The lowest BCUT2D eigenvalue weighted by Gasteiger charge is -2.21. The Hall–Kier alpha value is -3.34. The molecule has 0 saturated carbocycles. The van der Waals surface area contributed by atoms with Gasteiger partial charge in [-0.25, -0.2) is 4.57 Å². The van der Waals surface area contributed by atoms with Crippen LogP contribution in [0, 0.1) is 0 Å². The summed E-state index contributed by atoms with van der Waals surface area (Å²) in [7, 11) is -4.77. The summed E-state index contributed by atoms with van der Waals surface area (Å²) in [5, 5.41) is 9.84. The van der Waals surface area contributed by atoms with Crippen molar-refractivity contribution in [2.45, 2.75) is 290 Å². The van der Waals surface area contributed by atoms with Crippen LogP contribution in [0.4, 0.5) is 0 Å². The molecular formula is C66H115O11P. The second-order valence-electron chi connectivity index (χ2n) is 20.8. The molecule has 2 N–H and O–H groups in total. The molecule has 0 aliphatic carbocycles. The van der Waals surface area contributed by atoms with E-state index >= 15 is 0 Å². The molecule has 0 aromatic rings. The molecule has 0 fully saturated rings. The molecule has 0 radical (unpaired) electrons. The van der Waals surface area contributed by atoms with E-state index in [-0.39, 0.29) is 25.9 Å². The Balaban J connectivity index is 4.77. The number of carbonyl (C=O) groups is 3. The third-order valence-electron chi connectivity index (χ3n) is 13.3. The molecule has 0 bridgehead atoms. The Morgan fingerprint density at radius 2 is 0.667 bits per heavy atom. The first-order chi connectivity index (χ1) is 38.2. The normalized spacial score (nSPS) is 13.9. The lowest BCUT2D eigenvalue weighted by atomic mass is 10.0. The summed E-state index contributed by atoms with van der Waals surface area (Å²) < 4.78 is 39.6. The van der Waals surface area contributed by atoms with Crippen LogP contribution in [-0.2, 0) is 42.2 Å². The first-order valence-electron chi connectivity index (χ1n) is 31.5. The van der Waals surface area contributed by atoms with Crippen LogP contribution in [0.2, 0.25) is 0 Å². The third-order valence-corrected chi connectivity index (χ3v) is 14.3. The standard InChI is InChI=1S/C66H115O11P/c1-4-7-10-13-16-19-22-25-28-30-31-33-36-39-42-45-48-51-54-57-66(70)77-63(59-73-64(68)55-52-49-46-43-40-37-35-32-29-26-23-20-17-14-11-8-5-2)61-75-78(71,72)74-60-62(58-67)76-65(69)56-53-50-47-44-41-38-34-27-24-21-18-15-12-9-6-3/h7,10,16,18-19,21,25,27-28,31,33-34,39,42,62-63,67H,4-6,8-9,11-15,17,20,22-24,26,29-30,32,35-38,40-41,43-61H2,1-3H3,(H,71,72)/b10-7-,19-16-,21-18-,28-25-,33-31-,34-27-,42-39-. The zero-order chi connectivity index (χ0) is 56.9. The predicted octanol–water partition coefficient (Wildman–Crippen LogP) is 19.0. The van der Waals surface area contributed by atoms with Crippen LogP contribution in [0.3, 0.4) is 0 Å². The summed E-state index contributed by atoms with van der Waals surface area (Å²) in [6, 6.07) is 0. The fraction of sp³-hybridized carbons (Fsp3) is 0.742. The highest BCUT2D eigenvalue weighted by Crippen LogP contribution is 2.43. The molecule has 0 aromatic carbocycles. The fourth-order valence-corrected chi connectivity index (χ4v) is 9.32. The highest BCUT2D eigenvalue weighted by molar-refractivity contribution is 7.47. The maximum Gasteiger partial charge on any atom is 0.472 e. The van der Waals surface area contributed by atoms with E-state index in [4.69, 9.17) is 23.3 Å². The first-order valence-corrected chi connectivity index (χ1v) is 33.0. The van der Waals surface area contributed by atoms with Gasteiger partial charge in [-0.15, -0.1) is 0 Å². The number of hydrogen-bond donors (Lipinski definition) is 2. The predicted molar refractivity (Wildman–Crippen MR) is 325 cm³/mol. The second kappa shape index (κ2) is 59.8. The molecule has 12 heteroatoms. The van der Waals surface area contributed by atoms with Gasteiger partial charge in [0, 0.05) is 19.3 Å². The molecule has 450 valence electrons. The Kier molecular flexibility index (Phi) is 57.2. The van der Waals surface area contributed by atoms with Crippen LogP contribution in [0.15, 0.2) is 85.1 Å². The number of ether oxygens (including phenoxy) is 3. The molecule has 0 aromatic heterocycles. The van der Waals surface area contributed by atoms with Crippen molar-refractivity contribution in [3.63, 3.8) is 0 Å². The van der Waals surface area contributed by atoms with Gasteiger partial charge >= 0.3 is 25.7 Å². The minimum atomic E-state index is -4.77. The van der Waals surface area contributed by atoms with E-state index in [0.29, 0.717) is 19.3 Å². The fourth-order valence-electron chi connectivity index (χ4n) is 8.53. The number of esters is 3. The molecule has 0 rings (SSSR count). The summed E-state index contributed by atoms with van der Waals surface area (Å²) >= 11 is 0. The van der Waals surface area contributed by atoms with Crippen LogP contribution >= 0.6 is 7.82 Å². The van der Waals surface area contributed by atoms with Gasteiger partial charge in [0.15, 0.2) is 6.10 Å². The largest absolute Gasteiger partial charge is 0.472 e. The molecule has 0 aliphatic heterocycles. The Morgan fingerprint density at radius 1 is 0.372 bits per heavy atom. The SMILES string of the molecule is CC/C=C\C/C=C\C/C=C\C/C=C\C/C=C\CCCCCC(=O)OC(COC(=O)CCCCCCCCCCCCCCCCCCC)COP(=O)(O)OCC(CO)OC(=O)CCCCCCC/C=C\C/C=C\CCCCC. The minimum Gasteiger partial charge on any atom is -0.462 e. The van der Waals surface area contributed by atoms with Gasteiger partial charge in [0.2, 0.25) is 0 Å². The van der Waals surface area contributed by atoms with E-state index in [1.54, 1.807) is 0 Å².